The summed E-state index contributed by atoms with van der Waals surface area (Å²) in [4.78, 5) is 94.7. The summed E-state index contributed by atoms with van der Waals surface area (Å²) < 4.78 is 20.4. The van der Waals surface area contributed by atoms with Crippen molar-refractivity contribution in [1.29, 1.82) is 0 Å². The van der Waals surface area contributed by atoms with E-state index in [-0.39, 0.29) is 29.0 Å². The summed E-state index contributed by atoms with van der Waals surface area (Å²) in [5, 5.41) is 8.62. The molecular formula is C46H40N8O11. The fourth-order valence-corrected chi connectivity index (χ4v) is 4.51. The number of benzene rings is 3. The molecule has 0 atom stereocenters. The lowest BCUT2D eigenvalue weighted by Crippen LogP contribution is -2.15. The van der Waals surface area contributed by atoms with Gasteiger partial charge in [0.15, 0.2) is 0 Å². The Morgan fingerprint density at radius 2 is 0.692 bits per heavy atom. The van der Waals surface area contributed by atoms with Crippen LogP contribution in [0, 0.1) is 0 Å². The van der Waals surface area contributed by atoms with Crippen LogP contribution in [0.5, 0.6) is 17.2 Å². The maximum Gasteiger partial charge on any atom is 0.338 e. The van der Waals surface area contributed by atoms with Crippen LogP contribution in [0.15, 0.2) is 184 Å². The van der Waals surface area contributed by atoms with Crippen LogP contribution in [0.2, 0.25) is 0 Å². The Morgan fingerprint density at radius 1 is 0.431 bits per heavy atom. The van der Waals surface area contributed by atoms with Gasteiger partial charge in [-0.15, -0.1) is 0 Å². The van der Waals surface area contributed by atoms with Crippen molar-refractivity contribution in [2.75, 3.05) is 0 Å². The minimum atomic E-state index is -1.02. The number of carbonyl (C=O) groups excluding carboxylic acids is 6. The fourth-order valence-electron chi connectivity index (χ4n) is 4.51. The average Bonchev–Trinajstić information content (AvgIpc) is 4.16. The molecule has 4 heterocycles. The molecule has 330 valence electrons. The Balaban J connectivity index is 0.000000192. The lowest BCUT2D eigenvalue weighted by atomic mass is 10.2. The third-order valence-corrected chi connectivity index (χ3v) is 7.91. The Kier molecular flexibility index (Phi) is 17.5. The fraction of sp³-hybridized carbons (Fsp3) is 0.0652. The SMILES string of the molecule is C=C(C)C(=O)Oc1ccc(C(=O)O)cc1.C=C(C)C(=O)Oc1ccc(C(=O)n2ccnc2)cc1.C=C(C)C(=O)Oc1ccc(C(=O)n2ccnc2)cc1.O=C(n1ccnc1)n1ccnc1. The van der Waals surface area contributed by atoms with Gasteiger partial charge in [-0.2, -0.15) is 0 Å². The van der Waals surface area contributed by atoms with E-state index in [0.717, 1.165) is 0 Å². The van der Waals surface area contributed by atoms with E-state index in [2.05, 4.69) is 39.7 Å². The van der Waals surface area contributed by atoms with Crippen molar-refractivity contribution in [3.05, 3.63) is 201 Å². The van der Waals surface area contributed by atoms with Gasteiger partial charge in [-0.1, -0.05) is 19.7 Å². The first-order valence-corrected chi connectivity index (χ1v) is 18.8. The van der Waals surface area contributed by atoms with E-state index < -0.39 is 23.9 Å². The molecule has 65 heavy (non-hydrogen) atoms. The van der Waals surface area contributed by atoms with E-state index >= 15 is 0 Å². The van der Waals surface area contributed by atoms with Crippen LogP contribution in [-0.2, 0) is 14.4 Å². The smallest absolute Gasteiger partial charge is 0.338 e. The molecule has 0 radical (unpaired) electrons. The van der Waals surface area contributed by atoms with Gasteiger partial charge in [-0.3, -0.25) is 27.9 Å². The van der Waals surface area contributed by atoms with Crippen LogP contribution in [0.25, 0.3) is 0 Å². The molecule has 1 N–H and O–H groups in total. The number of hydrogen-bond acceptors (Lipinski definition) is 14. The second-order valence-electron chi connectivity index (χ2n) is 13.2. The molecule has 0 bridgehead atoms. The second kappa shape index (κ2) is 23.6. The summed E-state index contributed by atoms with van der Waals surface area (Å²) in [5.41, 5.74) is 2.03. The van der Waals surface area contributed by atoms with E-state index in [1.165, 1.54) is 87.2 Å². The molecule has 0 amide bonds. The first-order valence-electron chi connectivity index (χ1n) is 18.8. The second-order valence-corrected chi connectivity index (χ2v) is 13.2. The van der Waals surface area contributed by atoms with Gasteiger partial charge in [-0.25, -0.2) is 43.9 Å². The predicted octanol–water partition coefficient (Wildman–Crippen LogP) is 6.57. The molecule has 0 unspecified atom stereocenters. The molecule has 19 nitrogen and oxygen atoms in total. The highest BCUT2D eigenvalue weighted by Gasteiger charge is 2.12. The molecule has 0 aliphatic heterocycles. The quantitative estimate of drug-likeness (QED) is 0.0917. The number of aromatic carboxylic acids is 1. The Labute approximate surface area is 370 Å². The molecule has 4 aromatic heterocycles. The van der Waals surface area contributed by atoms with Gasteiger partial charge in [0.05, 0.1) is 5.56 Å². The number of rotatable bonds is 9. The Hall–Kier alpha value is -9.39. The molecule has 7 rings (SSSR count). The standard InChI is InChI=1S/2C14H12N2O3.C11H10O4.C7H6N4O/c2*1-10(2)14(18)19-12-5-3-11(4-6-12)13(17)16-8-7-15-9-16;1-7(2)11(14)15-9-5-3-8(4-6-9)10(12)13;12-7(10-3-1-8-5-10)11-4-2-9-6-11/h2*3-9H,1H2,2H3;3-6H,1H2,2H3,(H,12,13);1-6H. The van der Waals surface area contributed by atoms with Gasteiger partial charge in [0.2, 0.25) is 0 Å². The Morgan fingerprint density at radius 3 is 0.923 bits per heavy atom. The lowest BCUT2D eigenvalue weighted by molar-refractivity contribution is -0.130. The number of aromatic nitrogens is 8. The molecule has 7 aromatic rings. The summed E-state index contributed by atoms with van der Waals surface area (Å²) in [5.74, 6) is -1.89. The zero-order chi connectivity index (χ0) is 47.5. The summed E-state index contributed by atoms with van der Waals surface area (Å²) in [7, 11) is 0. The molecule has 0 aliphatic carbocycles. The average molecular weight is 881 g/mol. The van der Waals surface area contributed by atoms with Gasteiger partial charge in [0.25, 0.3) is 11.8 Å². The van der Waals surface area contributed by atoms with Crippen LogP contribution < -0.4 is 14.2 Å². The monoisotopic (exact) mass is 880 g/mol. The molecule has 0 saturated carbocycles. The summed E-state index contributed by atoms with van der Waals surface area (Å²) >= 11 is 0. The minimum absolute atomic E-state index is 0.144. The van der Waals surface area contributed by atoms with Crippen molar-refractivity contribution < 1.29 is 52.9 Å². The van der Waals surface area contributed by atoms with Crippen molar-refractivity contribution in [3.8, 4) is 17.2 Å². The van der Waals surface area contributed by atoms with Crippen molar-refractivity contribution in [2.24, 2.45) is 0 Å². The molecule has 0 aliphatic rings. The number of ether oxygens (including phenoxy) is 3. The first kappa shape index (κ1) is 48.3. The summed E-state index contributed by atoms with van der Waals surface area (Å²) in [6.45, 7) is 15.1. The number of carbonyl (C=O) groups is 7. The number of nitrogens with zero attached hydrogens (tertiary/aromatic N) is 8. The number of hydrogen-bond donors (Lipinski definition) is 1. The van der Waals surface area contributed by atoms with Crippen molar-refractivity contribution in [1.82, 2.24) is 38.2 Å². The number of carboxylic acid groups (broad SMARTS) is 1. The molecule has 3 aromatic carbocycles. The van der Waals surface area contributed by atoms with E-state index in [1.807, 2.05) is 0 Å². The van der Waals surface area contributed by atoms with Gasteiger partial charge < -0.3 is 19.3 Å². The van der Waals surface area contributed by atoms with Crippen LogP contribution in [-0.4, -0.2) is 85.0 Å². The lowest BCUT2D eigenvalue weighted by Gasteiger charge is -2.05. The molecule has 0 spiro atoms. The van der Waals surface area contributed by atoms with Crippen molar-refractivity contribution in [3.63, 3.8) is 0 Å². The zero-order valence-electron chi connectivity index (χ0n) is 35.1. The first-order chi connectivity index (χ1) is 31.0. The van der Waals surface area contributed by atoms with E-state index in [0.29, 0.717) is 39.5 Å². The third kappa shape index (κ3) is 14.9. The molecular weight excluding hydrogens is 841 g/mol. The highest BCUT2D eigenvalue weighted by Crippen LogP contribution is 2.16. The maximum absolute atomic E-state index is 12.0. The largest absolute Gasteiger partial charge is 0.478 e. The van der Waals surface area contributed by atoms with Crippen LogP contribution in [0.1, 0.15) is 51.8 Å². The van der Waals surface area contributed by atoms with Gasteiger partial charge in [0.1, 0.15) is 42.6 Å². The van der Waals surface area contributed by atoms with Crippen molar-refractivity contribution >= 4 is 41.7 Å². The normalized spacial score (nSPS) is 9.83. The molecule has 0 saturated heterocycles. The van der Waals surface area contributed by atoms with E-state index in [1.54, 1.807) is 99.6 Å². The van der Waals surface area contributed by atoms with E-state index in [9.17, 15) is 33.6 Å². The highest BCUT2D eigenvalue weighted by atomic mass is 16.5. The van der Waals surface area contributed by atoms with Crippen LogP contribution in [0.4, 0.5) is 4.79 Å². The third-order valence-electron chi connectivity index (χ3n) is 7.91. The van der Waals surface area contributed by atoms with Crippen LogP contribution in [0.3, 0.4) is 0 Å². The van der Waals surface area contributed by atoms with Gasteiger partial charge in [-0.05, 0) is 93.6 Å². The van der Waals surface area contributed by atoms with Crippen LogP contribution >= 0.6 is 0 Å². The van der Waals surface area contributed by atoms with Gasteiger partial charge >= 0.3 is 29.9 Å². The topological polar surface area (TPSA) is 239 Å². The minimum Gasteiger partial charge on any atom is -0.478 e. The number of esters is 3. The maximum atomic E-state index is 12.0. The molecule has 0 fully saturated rings. The van der Waals surface area contributed by atoms with Crippen molar-refractivity contribution in [2.45, 2.75) is 20.8 Å². The highest BCUT2D eigenvalue weighted by molar-refractivity contribution is 5.97. The summed E-state index contributed by atoms with van der Waals surface area (Å²) in [6, 6.07) is 18.0. The van der Waals surface area contributed by atoms with E-state index in [4.69, 9.17) is 19.3 Å². The summed E-state index contributed by atoms with van der Waals surface area (Å²) in [6.07, 6.45) is 18.2. The van der Waals surface area contributed by atoms with Gasteiger partial charge in [0, 0.05) is 77.4 Å². The molecule has 19 heteroatoms. The number of imidazole rings is 4. The predicted molar refractivity (Wildman–Crippen MR) is 232 cm³/mol. The zero-order valence-corrected chi connectivity index (χ0v) is 35.1. The Bertz CT molecular complexity index is 2610. The number of carboxylic acids is 1.